The fourth-order valence-corrected chi connectivity index (χ4v) is 0.921. The van der Waals surface area contributed by atoms with Crippen LogP contribution in [-0.2, 0) is 0 Å². The molecule has 1 aromatic heterocycles. The van der Waals surface area contributed by atoms with Gasteiger partial charge in [-0.25, -0.2) is 0 Å². The maximum absolute atomic E-state index is 10.6. The molecule has 0 N–H and O–H groups in total. The average molecular weight is 236 g/mol. The number of carbonyl (C=O) groups is 1. The number of rotatable bonds is 1. The van der Waals surface area contributed by atoms with Crippen molar-refractivity contribution in [3.05, 3.63) is 21.7 Å². The van der Waals surface area contributed by atoms with Crippen molar-refractivity contribution in [3.8, 4) is 0 Å². The largest absolute Gasteiger partial charge is 0.447 e. The predicted octanol–water partition coefficient (Wildman–Crippen LogP) is 2.09. The van der Waals surface area contributed by atoms with Gasteiger partial charge in [0.15, 0.2) is 15.3 Å². The van der Waals surface area contributed by atoms with Gasteiger partial charge in [-0.1, -0.05) is 0 Å². The minimum Gasteiger partial charge on any atom is -0.447 e. The molecule has 1 heterocycles. The zero-order chi connectivity index (χ0) is 6.85. The third-order valence-corrected chi connectivity index (χ3v) is 1.50. The number of hydrogen-bond acceptors (Lipinski definition) is 2. The molecular weight excluding hydrogens is 231 g/mol. The van der Waals surface area contributed by atoms with E-state index in [2.05, 4.69) is 0 Å². The summed E-state index contributed by atoms with van der Waals surface area (Å²) in [5, 5.41) is 0. The van der Waals surface area contributed by atoms with Crippen molar-refractivity contribution in [3.63, 3.8) is 0 Å². The summed E-state index contributed by atoms with van der Waals surface area (Å²) in [6.07, 6.45) is 0. The fraction of sp³-hybridized carbons (Fsp3) is 0.167. The molecule has 0 aliphatic rings. The molecule has 0 saturated carbocycles. The van der Waals surface area contributed by atoms with Gasteiger partial charge in [0.25, 0.3) is 0 Å². The Hall–Kier alpha value is -0.320. The van der Waals surface area contributed by atoms with Gasteiger partial charge >= 0.3 is 0 Å². The summed E-state index contributed by atoms with van der Waals surface area (Å²) in [6.45, 7) is 1.48. The van der Waals surface area contributed by atoms with E-state index in [1.54, 1.807) is 12.1 Å². The highest BCUT2D eigenvalue weighted by atomic mass is 127. The molecule has 0 bridgehead atoms. The lowest BCUT2D eigenvalue weighted by atomic mass is 10.3. The van der Waals surface area contributed by atoms with Gasteiger partial charge in [0.05, 0.1) is 0 Å². The third kappa shape index (κ3) is 1.54. The van der Waals surface area contributed by atoms with Crippen LogP contribution in [0.5, 0.6) is 0 Å². The summed E-state index contributed by atoms with van der Waals surface area (Å²) in [6, 6.07) is 3.43. The summed E-state index contributed by atoms with van der Waals surface area (Å²) in [7, 11) is 0. The van der Waals surface area contributed by atoms with Crippen LogP contribution in [0.25, 0.3) is 0 Å². The molecule has 0 amide bonds. The van der Waals surface area contributed by atoms with E-state index < -0.39 is 0 Å². The number of ketones is 1. The molecule has 0 fully saturated rings. The summed E-state index contributed by atoms with van der Waals surface area (Å²) in [5.41, 5.74) is 0. The molecule has 48 valence electrons. The van der Waals surface area contributed by atoms with Crippen molar-refractivity contribution in [2.45, 2.75) is 6.92 Å². The minimum atomic E-state index is -0.0297. The van der Waals surface area contributed by atoms with Gasteiger partial charge in [0.2, 0.25) is 0 Å². The van der Waals surface area contributed by atoms with Crippen LogP contribution in [0.2, 0.25) is 0 Å². The summed E-state index contributed by atoms with van der Waals surface area (Å²) in [4.78, 5) is 10.6. The first-order valence-electron chi connectivity index (χ1n) is 2.46. The monoisotopic (exact) mass is 236 g/mol. The average Bonchev–Trinajstić information content (AvgIpc) is 2.14. The number of hydrogen-bond donors (Lipinski definition) is 0. The Morgan fingerprint density at radius 1 is 1.67 bits per heavy atom. The van der Waals surface area contributed by atoms with Crippen LogP contribution in [0.3, 0.4) is 0 Å². The molecule has 0 aromatic carbocycles. The molecule has 0 unspecified atom stereocenters. The molecule has 0 aliphatic heterocycles. The van der Waals surface area contributed by atoms with Gasteiger partial charge in [0, 0.05) is 6.92 Å². The van der Waals surface area contributed by atoms with Crippen molar-refractivity contribution in [2.24, 2.45) is 0 Å². The smallest absolute Gasteiger partial charge is 0.194 e. The predicted molar refractivity (Wildman–Crippen MR) is 41.4 cm³/mol. The summed E-state index contributed by atoms with van der Waals surface area (Å²) < 4.78 is 5.73. The quantitative estimate of drug-likeness (QED) is 0.552. The zero-order valence-corrected chi connectivity index (χ0v) is 7.01. The molecule has 3 heteroatoms. The Labute approximate surface area is 66.4 Å². The van der Waals surface area contributed by atoms with Gasteiger partial charge < -0.3 is 4.42 Å². The fourth-order valence-electron chi connectivity index (χ4n) is 0.504. The molecule has 0 radical (unpaired) electrons. The number of carbonyl (C=O) groups excluding carboxylic acids is 1. The standard InChI is InChI=1S/C6H5IO2/c1-4(8)5-2-3-6(7)9-5/h2-3H,1H3. The van der Waals surface area contributed by atoms with Crippen LogP contribution in [0.15, 0.2) is 16.5 Å². The lowest BCUT2D eigenvalue weighted by Gasteiger charge is -1.82. The second-order valence-electron chi connectivity index (χ2n) is 1.66. The van der Waals surface area contributed by atoms with Crippen molar-refractivity contribution in [1.82, 2.24) is 0 Å². The minimum absolute atomic E-state index is 0.0297. The normalized spacial score (nSPS) is 9.56. The number of Topliss-reactive ketones (excluding diaryl/α,β-unsaturated/α-hetero) is 1. The van der Waals surface area contributed by atoms with E-state index in [0.29, 0.717) is 5.76 Å². The van der Waals surface area contributed by atoms with Crippen LogP contribution in [0.4, 0.5) is 0 Å². The molecule has 2 nitrogen and oxygen atoms in total. The van der Waals surface area contributed by atoms with Crippen LogP contribution in [-0.4, -0.2) is 5.78 Å². The first-order chi connectivity index (χ1) is 4.20. The highest BCUT2D eigenvalue weighted by molar-refractivity contribution is 14.1. The SMILES string of the molecule is CC(=O)c1ccc(I)o1. The Morgan fingerprint density at radius 3 is 2.56 bits per heavy atom. The number of halogens is 1. The first kappa shape index (κ1) is 6.80. The van der Waals surface area contributed by atoms with Gasteiger partial charge in [-0.15, -0.1) is 0 Å². The van der Waals surface area contributed by atoms with Crippen molar-refractivity contribution in [1.29, 1.82) is 0 Å². The van der Waals surface area contributed by atoms with Crippen molar-refractivity contribution < 1.29 is 9.21 Å². The van der Waals surface area contributed by atoms with Crippen LogP contribution in [0.1, 0.15) is 17.5 Å². The van der Waals surface area contributed by atoms with Gasteiger partial charge in [-0.3, -0.25) is 4.79 Å². The van der Waals surface area contributed by atoms with Crippen LogP contribution < -0.4 is 0 Å². The van der Waals surface area contributed by atoms with Gasteiger partial charge in [-0.05, 0) is 34.7 Å². The van der Waals surface area contributed by atoms with Crippen LogP contribution in [0, 0.1) is 3.77 Å². The highest BCUT2D eigenvalue weighted by Crippen LogP contribution is 2.09. The molecule has 9 heavy (non-hydrogen) atoms. The maximum Gasteiger partial charge on any atom is 0.194 e. The van der Waals surface area contributed by atoms with E-state index in [-0.39, 0.29) is 5.78 Å². The first-order valence-corrected chi connectivity index (χ1v) is 3.54. The second-order valence-corrected chi connectivity index (χ2v) is 2.72. The van der Waals surface area contributed by atoms with Gasteiger partial charge in [-0.2, -0.15) is 0 Å². The summed E-state index contributed by atoms with van der Waals surface area (Å²) in [5.74, 6) is 0.400. The molecule has 0 aliphatic carbocycles. The third-order valence-electron chi connectivity index (χ3n) is 0.920. The maximum atomic E-state index is 10.6. The topological polar surface area (TPSA) is 30.2 Å². The molecule has 0 spiro atoms. The van der Waals surface area contributed by atoms with Crippen LogP contribution >= 0.6 is 22.6 Å². The molecule has 0 saturated heterocycles. The van der Waals surface area contributed by atoms with E-state index in [9.17, 15) is 4.79 Å². The van der Waals surface area contributed by atoms with Gasteiger partial charge in [0.1, 0.15) is 0 Å². The van der Waals surface area contributed by atoms with E-state index in [0.717, 1.165) is 3.77 Å². The Morgan fingerprint density at radius 2 is 2.33 bits per heavy atom. The van der Waals surface area contributed by atoms with E-state index in [4.69, 9.17) is 4.42 Å². The Balaban J connectivity index is 2.98. The lowest BCUT2D eigenvalue weighted by Crippen LogP contribution is -1.85. The van der Waals surface area contributed by atoms with E-state index in [1.165, 1.54) is 6.92 Å². The molecular formula is C6H5IO2. The van der Waals surface area contributed by atoms with Crippen molar-refractivity contribution >= 4 is 28.4 Å². The molecule has 1 rings (SSSR count). The number of furan rings is 1. The molecule has 1 aromatic rings. The van der Waals surface area contributed by atoms with Crippen molar-refractivity contribution in [2.75, 3.05) is 0 Å². The second kappa shape index (κ2) is 2.51. The molecule has 0 atom stereocenters. The zero-order valence-electron chi connectivity index (χ0n) is 4.85. The Kier molecular flexibility index (Phi) is 1.90. The summed E-state index contributed by atoms with van der Waals surface area (Å²) >= 11 is 2.02. The Bertz CT molecular complexity index is 227. The van der Waals surface area contributed by atoms with E-state index in [1.807, 2.05) is 22.6 Å². The van der Waals surface area contributed by atoms with E-state index >= 15 is 0 Å². The lowest BCUT2D eigenvalue weighted by molar-refractivity contribution is 0.0986. The highest BCUT2D eigenvalue weighted by Gasteiger charge is 2.02.